The first kappa shape index (κ1) is 18.8. The van der Waals surface area contributed by atoms with Crippen LogP contribution in [0, 0.1) is 16.0 Å². The fourth-order valence-corrected chi connectivity index (χ4v) is 4.20. The molecule has 1 aromatic carbocycles. The van der Waals surface area contributed by atoms with Crippen molar-refractivity contribution in [1.82, 2.24) is 10.9 Å². The zero-order valence-electron chi connectivity index (χ0n) is 15.0. The number of nitrogens with one attached hydrogen (secondary N) is 3. The predicted octanol–water partition coefficient (Wildman–Crippen LogP) is 2.90. The normalized spacial score (nSPS) is 15.6. The van der Waals surface area contributed by atoms with Gasteiger partial charge in [-0.25, -0.2) is 0 Å². The number of rotatable bonds is 4. The number of hydrogen-bond acceptors (Lipinski definition) is 6. The van der Waals surface area contributed by atoms with E-state index in [1.807, 2.05) is 6.07 Å². The molecule has 1 heterocycles. The smallest absolute Gasteiger partial charge is 0.293 e. The maximum Gasteiger partial charge on any atom is 0.293 e. The largest absolute Gasteiger partial charge is 0.383 e. The van der Waals surface area contributed by atoms with Gasteiger partial charge in [-0.1, -0.05) is 6.92 Å². The van der Waals surface area contributed by atoms with Gasteiger partial charge in [0.25, 0.3) is 17.5 Å². The quantitative estimate of drug-likeness (QED) is 0.550. The lowest BCUT2D eigenvalue weighted by molar-refractivity contribution is -0.384. The van der Waals surface area contributed by atoms with E-state index < -0.39 is 16.7 Å². The van der Waals surface area contributed by atoms with Crippen LogP contribution in [0.3, 0.4) is 0 Å². The number of carbonyl (C=O) groups is 2. The second kappa shape index (κ2) is 7.75. The van der Waals surface area contributed by atoms with E-state index in [1.165, 1.54) is 40.0 Å². The Hall–Kier alpha value is -2.94. The van der Waals surface area contributed by atoms with Crippen LogP contribution in [0.2, 0.25) is 0 Å². The van der Waals surface area contributed by atoms with E-state index in [2.05, 4.69) is 23.1 Å². The summed E-state index contributed by atoms with van der Waals surface area (Å²) >= 11 is 1.44. The van der Waals surface area contributed by atoms with E-state index >= 15 is 0 Å². The summed E-state index contributed by atoms with van der Waals surface area (Å²) in [6.45, 7) is 2.19. The molecule has 27 heavy (non-hydrogen) atoms. The highest BCUT2D eigenvalue weighted by atomic mass is 32.1. The zero-order chi connectivity index (χ0) is 19.6. The summed E-state index contributed by atoms with van der Waals surface area (Å²) in [5.74, 6) is -0.403. The third-order valence-corrected chi connectivity index (χ3v) is 5.80. The van der Waals surface area contributed by atoms with Crippen LogP contribution in [0.15, 0.2) is 24.3 Å². The second-order valence-corrected chi connectivity index (χ2v) is 7.69. The lowest BCUT2D eigenvalue weighted by Gasteiger charge is -2.16. The van der Waals surface area contributed by atoms with Crippen LogP contribution in [0.4, 0.5) is 11.4 Å². The molecule has 9 heteroatoms. The Bertz CT molecular complexity index is 909. The minimum atomic E-state index is -0.621. The molecule has 0 aliphatic heterocycles. The number of hydrazine groups is 1. The van der Waals surface area contributed by atoms with Crippen molar-refractivity contribution in [3.8, 4) is 0 Å². The number of nitro groups is 1. The molecule has 1 aromatic heterocycles. The molecule has 2 amide bonds. The molecule has 0 radical (unpaired) electrons. The predicted molar refractivity (Wildman–Crippen MR) is 103 cm³/mol. The van der Waals surface area contributed by atoms with Crippen LogP contribution >= 0.6 is 11.3 Å². The summed E-state index contributed by atoms with van der Waals surface area (Å²) < 4.78 is 0. The molecule has 0 unspecified atom stereocenters. The Balaban J connectivity index is 1.66. The van der Waals surface area contributed by atoms with Gasteiger partial charge in [0, 0.05) is 23.6 Å². The SMILES string of the molecule is CNc1ccc(C(=O)NNC(=O)c2cc3c(s2)CC[C@@H](C)C3)cc1[N+](=O)[O-]. The van der Waals surface area contributed by atoms with Gasteiger partial charge in [0.05, 0.1) is 9.80 Å². The van der Waals surface area contributed by atoms with Gasteiger partial charge in [0.1, 0.15) is 5.69 Å². The summed E-state index contributed by atoms with van der Waals surface area (Å²) in [5.41, 5.74) is 6.08. The Morgan fingerprint density at radius 2 is 1.96 bits per heavy atom. The standard InChI is InChI=1S/C18H20N4O4S/c1-10-3-6-15-12(7-10)9-16(27-15)18(24)21-20-17(23)11-4-5-13(19-2)14(8-11)22(25)26/h4-5,8-10,19H,3,6-7H2,1-2H3,(H,20,23)(H,21,24)/t10-/m1/s1. The molecule has 3 rings (SSSR count). The molecule has 0 fully saturated rings. The summed E-state index contributed by atoms with van der Waals surface area (Å²) in [4.78, 5) is 36.8. The molecule has 3 N–H and O–H groups in total. The Kier molecular flexibility index (Phi) is 5.41. The number of nitrogens with zero attached hydrogens (tertiary/aromatic N) is 1. The van der Waals surface area contributed by atoms with Crippen molar-refractivity contribution in [2.75, 3.05) is 12.4 Å². The van der Waals surface area contributed by atoms with Gasteiger partial charge in [-0.15, -0.1) is 11.3 Å². The van der Waals surface area contributed by atoms with Gasteiger partial charge in [-0.3, -0.25) is 30.6 Å². The monoisotopic (exact) mass is 388 g/mol. The number of aryl methyl sites for hydroxylation is 1. The molecule has 0 saturated carbocycles. The summed E-state index contributed by atoms with van der Waals surface area (Å²) in [7, 11) is 1.56. The maximum absolute atomic E-state index is 12.3. The van der Waals surface area contributed by atoms with Crippen molar-refractivity contribution in [3.05, 3.63) is 55.3 Å². The highest BCUT2D eigenvalue weighted by molar-refractivity contribution is 7.14. The topological polar surface area (TPSA) is 113 Å². The molecule has 142 valence electrons. The van der Waals surface area contributed by atoms with Gasteiger partial charge in [-0.05, 0) is 48.9 Å². The van der Waals surface area contributed by atoms with Crippen molar-refractivity contribution >= 4 is 34.5 Å². The molecule has 0 bridgehead atoms. The molecule has 1 aliphatic rings. The van der Waals surface area contributed by atoms with Crippen molar-refractivity contribution in [2.24, 2.45) is 5.92 Å². The van der Waals surface area contributed by atoms with Gasteiger partial charge in [-0.2, -0.15) is 0 Å². The number of nitro benzene ring substituents is 1. The van der Waals surface area contributed by atoms with Crippen molar-refractivity contribution in [3.63, 3.8) is 0 Å². The third-order valence-electron chi connectivity index (χ3n) is 4.57. The number of thiophene rings is 1. The summed E-state index contributed by atoms with van der Waals surface area (Å²) in [6.07, 6.45) is 3.06. The highest BCUT2D eigenvalue weighted by Gasteiger charge is 2.21. The first-order valence-electron chi connectivity index (χ1n) is 8.57. The molecule has 1 aliphatic carbocycles. The molecule has 0 spiro atoms. The molecule has 1 atom stereocenters. The van der Waals surface area contributed by atoms with Crippen molar-refractivity contribution < 1.29 is 14.5 Å². The molecule has 2 aromatic rings. The van der Waals surface area contributed by atoms with Crippen molar-refractivity contribution in [2.45, 2.75) is 26.2 Å². The second-order valence-electron chi connectivity index (χ2n) is 6.55. The van der Waals surface area contributed by atoms with Gasteiger partial charge in [0.2, 0.25) is 0 Å². The van der Waals surface area contributed by atoms with E-state index in [1.54, 1.807) is 7.05 Å². The van der Waals surface area contributed by atoms with Crippen LogP contribution in [-0.2, 0) is 12.8 Å². The minimum Gasteiger partial charge on any atom is -0.383 e. The Labute approximate surface area is 160 Å². The summed E-state index contributed by atoms with van der Waals surface area (Å²) in [5, 5.41) is 13.8. The highest BCUT2D eigenvalue weighted by Crippen LogP contribution is 2.32. The van der Waals surface area contributed by atoms with E-state index in [0.717, 1.165) is 19.3 Å². The average Bonchev–Trinajstić information content (AvgIpc) is 3.08. The van der Waals surface area contributed by atoms with E-state index in [0.29, 0.717) is 16.5 Å². The molecular formula is C18H20N4O4S. The number of fused-ring (bicyclic) bond motifs is 1. The van der Waals surface area contributed by atoms with Crippen molar-refractivity contribution in [1.29, 1.82) is 0 Å². The van der Waals surface area contributed by atoms with Crippen LogP contribution in [0.25, 0.3) is 0 Å². The summed E-state index contributed by atoms with van der Waals surface area (Å²) in [6, 6.07) is 5.94. The fraction of sp³-hybridized carbons (Fsp3) is 0.333. The van der Waals surface area contributed by atoms with E-state index in [4.69, 9.17) is 0 Å². The Morgan fingerprint density at radius 3 is 2.67 bits per heavy atom. The lowest BCUT2D eigenvalue weighted by atomic mass is 9.90. The number of anilines is 1. The van der Waals surface area contributed by atoms with Gasteiger partial charge >= 0.3 is 0 Å². The number of hydrogen-bond donors (Lipinski definition) is 3. The van der Waals surface area contributed by atoms with Crippen LogP contribution in [0.5, 0.6) is 0 Å². The fourth-order valence-electron chi connectivity index (χ4n) is 3.10. The zero-order valence-corrected chi connectivity index (χ0v) is 15.8. The van der Waals surface area contributed by atoms with Crippen LogP contribution in [0.1, 0.15) is 43.8 Å². The Morgan fingerprint density at radius 1 is 1.22 bits per heavy atom. The molecular weight excluding hydrogens is 368 g/mol. The minimum absolute atomic E-state index is 0.0836. The number of carbonyl (C=O) groups excluding carboxylic acids is 2. The molecule has 0 saturated heterocycles. The third kappa shape index (κ3) is 4.08. The first-order valence-corrected chi connectivity index (χ1v) is 9.39. The number of amides is 2. The average molecular weight is 388 g/mol. The van der Waals surface area contributed by atoms with Gasteiger partial charge < -0.3 is 5.32 Å². The van der Waals surface area contributed by atoms with Crippen LogP contribution in [-0.4, -0.2) is 23.8 Å². The van der Waals surface area contributed by atoms with E-state index in [9.17, 15) is 19.7 Å². The van der Waals surface area contributed by atoms with Crippen LogP contribution < -0.4 is 16.2 Å². The first-order chi connectivity index (χ1) is 12.9. The molecule has 8 nitrogen and oxygen atoms in total. The lowest BCUT2D eigenvalue weighted by Crippen LogP contribution is -2.41. The van der Waals surface area contributed by atoms with E-state index in [-0.39, 0.29) is 11.3 Å². The maximum atomic E-state index is 12.3. The number of benzene rings is 1. The van der Waals surface area contributed by atoms with Gasteiger partial charge in [0.15, 0.2) is 0 Å².